The molecular formula is C12H25KNO3P. The molecule has 0 aromatic carbocycles. The van der Waals surface area contributed by atoms with E-state index in [0.29, 0.717) is 6.42 Å². The molecule has 18 heavy (non-hydrogen) atoms. The third-order valence-electron chi connectivity index (χ3n) is 2.75. The van der Waals surface area contributed by atoms with Crippen molar-refractivity contribution < 1.29 is 65.6 Å². The molecule has 0 bridgehead atoms. The van der Waals surface area contributed by atoms with E-state index in [1.165, 1.54) is 32.1 Å². The number of hydrogen-bond acceptors (Lipinski definition) is 3. The van der Waals surface area contributed by atoms with Crippen molar-refractivity contribution in [3.63, 3.8) is 0 Å². The van der Waals surface area contributed by atoms with Crippen LogP contribution in [-0.4, -0.2) is 18.2 Å². The number of carbonyl (C=O) groups excluding carboxylic acids is 1. The number of rotatable bonds is 11. The molecule has 1 atom stereocenters. The van der Waals surface area contributed by atoms with Crippen LogP contribution in [0.1, 0.15) is 58.3 Å². The normalized spacial score (nSPS) is 13.7. The molecule has 0 aliphatic rings. The number of nitrogens with two attached hydrogens (primary N) is 1. The molecular weight excluding hydrogens is 276 g/mol. The Kier molecular flexibility index (Phi) is 15.9. The summed E-state index contributed by atoms with van der Waals surface area (Å²) in [6.45, 7) is 2.19. The number of hydrogen-bond donors (Lipinski definition) is 1. The molecule has 0 aliphatic carbocycles. The number of amides is 1. The van der Waals surface area contributed by atoms with Crippen molar-refractivity contribution in [1.82, 2.24) is 0 Å². The Morgan fingerprint density at radius 2 is 1.50 bits per heavy atom. The molecule has 102 valence electrons. The van der Waals surface area contributed by atoms with Gasteiger partial charge in [-0.15, -0.1) is 0 Å². The third kappa shape index (κ3) is 15.4. The van der Waals surface area contributed by atoms with Gasteiger partial charge in [0.05, 0.1) is 6.16 Å². The molecule has 0 heterocycles. The van der Waals surface area contributed by atoms with Gasteiger partial charge in [-0.05, 0) is 12.6 Å². The summed E-state index contributed by atoms with van der Waals surface area (Å²) in [5.41, 5.74) is 4.87. The third-order valence-corrected chi connectivity index (χ3v) is 4.54. The first-order valence-corrected chi connectivity index (χ1v) is 8.55. The smallest absolute Gasteiger partial charge is 0.799 e. The molecule has 1 unspecified atom stereocenters. The maximum atomic E-state index is 11.3. The number of unbranched alkanes of at least 4 members (excludes halogenated alkanes) is 7. The largest absolute Gasteiger partial charge is 1.00 e. The van der Waals surface area contributed by atoms with Crippen LogP contribution in [0.3, 0.4) is 0 Å². The maximum Gasteiger partial charge on any atom is 1.00 e. The number of primary amides is 1. The van der Waals surface area contributed by atoms with Gasteiger partial charge in [-0.25, -0.2) is 0 Å². The fourth-order valence-corrected chi connectivity index (χ4v) is 3.14. The molecule has 0 saturated heterocycles. The first-order valence-electron chi connectivity index (χ1n) is 6.55. The fraction of sp³-hybridized carbons (Fsp3) is 0.917. The van der Waals surface area contributed by atoms with Crippen LogP contribution in [0.2, 0.25) is 0 Å². The van der Waals surface area contributed by atoms with Gasteiger partial charge in [-0.1, -0.05) is 51.9 Å². The van der Waals surface area contributed by atoms with Gasteiger partial charge in [-0.3, -0.25) is 4.79 Å². The van der Waals surface area contributed by atoms with Crippen molar-refractivity contribution in [2.24, 2.45) is 5.73 Å². The van der Waals surface area contributed by atoms with Crippen molar-refractivity contribution in [2.75, 3.05) is 12.3 Å². The Bertz CT molecular complexity index is 262. The maximum absolute atomic E-state index is 11.3. The minimum absolute atomic E-state index is 0. The van der Waals surface area contributed by atoms with Crippen LogP contribution >= 0.6 is 7.37 Å². The van der Waals surface area contributed by atoms with Crippen LogP contribution in [0.5, 0.6) is 0 Å². The van der Waals surface area contributed by atoms with Crippen LogP contribution in [0, 0.1) is 0 Å². The minimum atomic E-state index is -3.54. The fourth-order valence-electron chi connectivity index (χ4n) is 1.80. The zero-order chi connectivity index (χ0) is 13.1. The van der Waals surface area contributed by atoms with E-state index in [1.54, 1.807) is 0 Å². The predicted molar refractivity (Wildman–Crippen MR) is 69.1 cm³/mol. The topological polar surface area (TPSA) is 83.2 Å². The average molecular weight is 301 g/mol. The van der Waals surface area contributed by atoms with E-state index in [1.807, 2.05) is 0 Å². The molecule has 0 aliphatic heterocycles. The molecule has 4 nitrogen and oxygen atoms in total. The second-order valence-corrected chi connectivity index (χ2v) is 7.03. The summed E-state index contributed by atoms with van der Waals surface area (Å²) in [7, 11) is -3.54. The van der Waals surface area contributed by atoms with Crippen LogP contribution in [-0.2, 0) is 9.36 Å². The molecule has 2 N–H and O–H groups in total. The molecule has 0 aromatic rings. The standard InChI is InChI=1S/C12H26NO3P.K/c1-2-3-4-5-6-7-8-9-10-17(15,16)11-12(13)14;/h2-11H2,1H3,(H2,13,14)(H,15,16);/q;+1/p-1. The van der Waals surface area contributed by atoms with E-state index in [-0.39, 0.29) is 57.5 Å². The minimum Gasteiger partial charge on any atom is -0.799 e. The molecule has 0 aromatic heterocycles. The Hall–Kier alpha value is 1.30. The van der Waals surface area contributed by atoms with E-state index in [4.69, 9.17) is 5.73 Å². The van der Waals surface area contributed by atoms with E-state index < -0.39 is 19.4 Å². The van der Waals surface area contributed by atoms with Crippen molar-refractivity contribution in [3.8, 4) is 0 Å². The van der Waals surface area contributed by atoms with E-state index in [9.17, 15) is 14.3 Å². The second-order valence-electron chi connectivity index (χ2n) is 4.64. The van der Waals surface area contributed by atoms with Gasteiger partial charge in [0.1, 0.15) is 0 Å². The first-order chi connectivity index (χ1) is 7.98. The van der Waals surface area contributed by atoms with Crippen LogP contribution in [0.15, 0.2) is 0 Å². The van der Waals surface area contributed by atoms with E-state index in [0.717, 1.165) is 12.8 Å². The molecule has 1 amide bonds. The van der Waals surface area contributed by atoms with Crippen LogP contribution in [0.25, 0.3) is 0 Å². The Balaban J connectivity index is 0. The van der Waals surface area contributed by atoms with Gasteiger partial charge < -0.3 is 15.2 Å². The van der Waals surface area contributed by atoms with Crippen molar-refractivity contribution >= 4 is 13.3 Å². The van der Waals surface area contributed by atoms with E-state index >= 15 is 0 Å². The van der Waals surface area contributed by atoms with Gasteiger partial charge in [0.25, 0.3) is 0 Å². The Morgan fingerprint density at radius 1 is 1.06 bits per heavy atom. The predicted octanol–water partition coefficient (Wildman–Crippen LogP) is -0.745. The molecule has 0 fully saturated rings. The van der Waals surface area contributed by atoms with Crippen molar-refractivity contribution in [1.29, 1.82) is 0 Å². The molecule has 6 heteroatoms. The molecule has 0 spiro atoms. The van der Waals surface area contributed by atoms with Crippen LogP contribution < -0.4 is 62.0 Å². The first kappa shape index (κ1) is 21.6. The second kappa shape index (κ2) is 13.3. The van der Waals surface area contributed by atoms with Gasteiger partial charge in [0.15, 0.2) is 0 Å². The molecule has 0 saturated carbocycles. The van der Waals surface area contributed by atoms with E-state index in [2.05, 4.69) is 6.92 Å². The summed E-state index contributed by atoms with van der Waals surface area (Å²) in [5, 5.41) is 0. The zero-order valence-electron chi connectivity index (χ0n) is 11.8. The molecule has 0 radical (unpaired) electrons. The van der Waals surface area contributed by atoms with Gasteiger partial charge in [-0.2, -0.15) is 0 Å². The van der Waals surface area contributed by atoms with Crippen LogP contribution in [0.4, 0.5) is 0 Å². The molecule has 0 rings (SSSR count). The van der Waals surface area contributed by atoms with Crippen molar-refractivity contribution in [2.45, 2.75) is 58.3 Å². The van der Waals surface area contributed by atoms with Gasteiger partial charge >= 0.3 is 51.4 Å². The summed E-state index contributed by atoms with van der Waals surface area (Å²) >= 11 is 0. The monoisotopic (exact) mass is 301 g/mol. The van der Waals surface area contributed by atoms with Crippen molar-refractivity contribution in [3.05, 3.63) is 0 Å². The average Bonchev–Trinajstić information content (AvgIpc) is 2.20. The summed E-state index contributed by atoms with van der Waals surface area (Å²) in [5.74, 6) is -0.747. The van der Waals surface area contributed by atoms with Gasteiger partial charge in [0, 0.05) is 7.37 Å². The summed E-state index contributed by atoms with van der Waals surface area (Å²) < 4.78 is 11.3. The summed E-state index contributed by atoms with van der Waals surface area (Å²) in [4.78, 5) is 21.8. The SMILES string of the molecule is CCCCCCCCCCP(=O)([O-])CC(N)=O.[K+]. The number of carbonyl (C=O) groups is 1. The summed E-state index contributed by atoms with van der Waals surface area (Å²) in [6.07, 6.45) is 8.52. The Morgan fingerprint density at radius 3 is 1.94 bits per heavy atom. The van der Waals surface area contributed by atoms with Gasteiger partial charge in [0.2, 0.25) is 5.91 Å². The Labute approximate surface area is 153 Å². The zero-order valence-corrected chi connectivity index (χ0v) is 15.8. The summed E-state index contributed by atoms with van der Waals surface area (Å²) in [6, 6.07) is 0. The quantitative estimate of drug-likeness (QED) is 0.310.